The van der Waals surface area contributed by atoms with Crippen LogP contribution in [0.4, 0.5) is 0 Å². The molecule has 0 bridgehead atoms. The lowest BCUT2D eigenvalue weighted by molar-refractivity contribution is 0.324. The van der Waals surface area contributed by atoms with E-state index in [2.05, 4.69) is 36.4 Å². The smallest absolute Gasteiger partial charge is 0.191 e. The van der Waals surface area contributed by atoms with Gasteiger partial charge >= 0.3 is 0 Å². The van der Waals surface area contributed by atoms with Gasteiger partial charge in [-0.2, -0.15) is 0 Å². The first-order valence-electron chi connectivity index (χ1n) is 9.09. The van der Waals surface area contributed by atoms with Crippen LogP contribution in [-0.2, 0) is 9.84 Å². The van der Waals surface area contributed by atoms with Gasteiger partial charge in [-0.05, 0) is 37.0 Å². The molecule has 1 heterocycles. The highest BCUT2D eigenvalue weighted by molar-refractivity contribution is 7.91. The molecule has 0 aromatic rings. The fourth-order valence-electron chi connectivity index (χ4n) is 3.46. The molecule has 1 aliphatic carbocycles. The van der Waals surface area contributed by atoms with Crippen LogP contribution < -0.4 is 10.6 Å². The Kier molecular flexibility index (Phi) is 6.74. The summed E-state index contributed by atoms with van der Waals surface area (Å²) >= 11 is 0. The topological polar surface area (TPSA) is 70.6 Å². The van der Waals surface area contributed by atoms with Crippen LogP contribution in [0.15, 0.2) is 4.99 Å². The fourth-order valence-corrected chi connectivity index (χ4v) is 5.32. The van der Waals surface area contributed by atoms with Crippen molar-refractivity contribution in [1.82, 2.24) is 10.6 Å². The lowest BCUT2D eigenvalue weighted by Crippen LogP contribution is -2.46. The molecule has 1 saturated carbocycles. The third-order valence-corrected chi connectivity index (χ3v) is 6.61. The first-order chi connectivity index (χ1) is 10.8. The second kappa shape index (κ2) is 8.36. The minimum absolute atomic E-state index is 0.219. The molecule has 0 aromatic heterocycles. The highest BCUT2D eigenvalue weighted by Gasteiger charge is 2.28. The Morgan fingerprint density at radius 3 is 2.65 bits per heavy atom. The Hall–Kier alpha value is -0.780. The van der Waals surface area contributed by atoms with Gasteiger partial charge in [0.25, 0.3) is 0 Å². The summed E-state index contributed by atoms with van der Waals surface area (Å²) in [4.78, 5) is 4.68. The van der Waals surface area contributed by atoms with Crippen LogP contribution in [0.1, 0.15) is 52.9 Å². The molecule has 2 rings (SSSR count). The third kappa shape index (κ3) is 6.69. The van der Waals surface area contributed by atoms with Gasteiger partial charge in [-0.3, -0.25) is 4.99 Å². The monoisotopic (exact) mass is 343 g/mol. The second-order valence-electron chi connectivity index (χ2n) is 7.85. The Bertz CT molecular complexity index is 502. The second-order valence-corrected chi connectivity index (χ2v) is 10.1. The molecule has 2 fully saturated rings. The summed E-state index contributed by atoms with van der Waals surface area (Å²) in [6, 6.07) is 0.490. The molecule has 1 saturated heterocycles. The third-order valence-electron chi connectivity index (χ3n) is 4.78. The predicted molar refractivity (Wildman–Crippen MR) is 96.5 cm³/mol. The average Bonchev–Trinajstić information content (AvgIpc) is 2.81. The van der Waals surface area contributed by atoms with Gasteiger partial charge in [-0.25, -0.2) is 8.42 Å². The first-order valence-corrected chi connectivity index (χ1v) is 10.9. The van der Waals surface area contributed by atoms with Gasteiger partial charge in [0.2, 0.25) is 0 Å². The van der Waals surface area contributed by atoms with Gasteiger partial charge in [-0.1, -0.05) is 33.6 Å². The summed E-state index contributed by atoms with van der Waals surface area (Å²) in [7, 11) is -2.80. The van der Waals surface area contributed by atoms with Gasteiger partial charge in [-0.15, -0.1) is 0 Å². The van der Waals surface area contributed by atoms with Crippen LogP contribution in [0.3, 0.4) is 0 Å². The Morgan fingerprint density at radius 1 is 1.26 bits per heavy atom. The summed E-state index contributed by atoms with van der Waals surface area (Å²) < 4.78 is 23.2. The van der Waals surface area contributed by atoms with E-state index in [0.717, 1.165) is 24.8 Å². The lowest BCUT2D eigenvalue weighted by Gasteiger charge is -2.29. The number of nitrogens with one attached hydrogen (secondary N) is 2. The molecule has 6 heteroatoms. The standard InChI is InChI=1S/C17H33N3O2S/c1-13(2)10-18-17(20-16-6-4-5-14(3)9-16)19-11-15-7-8-23(21,22)12-15/h13-16H,4-12H2,1-3H3,(H2,18,19,20). The van der Waals surface area contributed by atoms with E-state index in [1.54, 1.807) is 0 Å². The molecule has 2 N–H and O–H groups in total. The van der Waals surface area contributed by atoms with Gasteiger partial charge < -0.3 is 10.6 Å². The number of nitrogens with zero attached hydrogens (tertiary/aromatic N) is 1. The zero-order valence-corrected chi connectivity index (χ0v) is 15.7. The number of hydrogen-bond acceptors (Lipinski definition) is 3. The minimum atomic E-state index is -2.80. The number of rotatable bonds is 5. The van der Waals surface area contributed by atoms with E-state index in [4.69, 9.17) is 0 Å². The van der Waals surface area contributed by atoms with Gasteiger partial charge in [0.15, 0.2) is 15.8 Å². The average molecular weight is 344 g/mol. The fraction of sp³-hybridized carbons (Fsp3) is 0.941. The van der Waals surface area contributed by atoms with Crippen LogP contribution in [-0.4, -0.2) is 45.0 Å². The van der Waals surface area contributed by atoms with Crippen molar-refractivity contribution in [3.8, 4) is 0 Å². The van der Waals surface area contributed by atoms with Crippen LogP contribution in [0.2, 0.25) is 0 Å². The summed E-state index contributed by atoms with van der Waals surface area (Å²) in [5, 5.41) is 6.97. The van der Waals surface area contributed by atoms with Crippen LogP contribution >= 0.6 is 0 Å². The molecule has 0 radical (unpaired) electrons. The van der Waals surface area contributed by atoms with Crippen molar-refractivity contribution < 1.29 is 8.42 Å². The van der Waals surface area contributed by atoms with Crippen molar-refractivity contribution in [2.45, 2.75) is 58.9 Å². The number of guanidine groups is 1. The van der Waals surface area contributed by atoms with Gasteiger partial charge in [0.05, 0.1) is 11.5 Å². The van der Waals surface area contributed by atoms with E-state index in [9.17, 15) is 8.42 Å². The largest absolute Gasteiger partial charge is 0.356 e. The minimum Gasteiger partial charge on any atom is -0.356 e. The Balaban J connectivity index is 1.87. The summed E-state index contributed by atoms with van der Waals surface area (Å²) in [5.41, 5.74) is 0. The molecule has 3 atom stereocenters. The lowest BCUT2D eigenvalue weighted by atomic mass is 9.87. The van der Waals surface area contributed by atoms with E-state index in [1.807, 2.05) is 0 Å². The molecule has 134 valence electrons. The van der Waals surface area contributed by atoms with Crippen molar-refractivity contribution >= 4 is 15.8 Å². The summed E-state index contributed by atoms with van der Waals surface area (Å²) in [5.74, 6) is 3.03. The molecule has 0 aromatic carbocycles. The van der Waals surface area contributed by atoms with E-state index in [1.165, 1.54) is 25.7 Å². The van der Waals surface area contributed by atoms with E-state index >= 15 is 0 Å². The van der Waals surface area contributed by atoms with Crippen molar-refractivity contribution in [1.29, 1.82) is 0 Å². The zero-order valence-electron chi connectivity index (χ0n) is 14.8. The molecular formula is C17H33N3O2S. The predicted octanol–water partition coefficient (Wildman–Crippen LogP) is 2.19. The molecule has 2 aliphatic rings. The maximum Gasteiger partial charge on any atom is 0.191 e. The maximum atomic E-state index is 11.6. The number of sulfone groups is 1. The molecule has 0 amide bonds. The van der Waals surface area contributed by atoms with Crippen molar-refractivity contribution in [3.05, 3.63) is 0 Å². The Morgan fingerprint density at radius 2 is 2.04 bits per heavy atom. The van der Waals surface area contributed by atoms with Crippen molar-refractivity contribution in [2.75, 3.05) is 24.6 Å². The summed E-state index contributed by atoms with van der Waals surface area (Å²) in [6.45, 7) is 8.13. The maximum absolute atomic E-state index is 11.6. The molecular weight excluding hydrogens is 310 g/mol. The molecule has 23 heavy (non-hydrogen) atoms. The van der Waals surface area contributed by atoms with Crippen LogP contribution in [0.5, 0.6) is 0 Å². The van der Waals surface area contributed by atoms with E-state index in [0.29, 0.717) is 30.0 Å². The van der Waals surface area contributed by atoms with Crippen LogP contribution in [0, 0.1) is 17.8 Å². The highest BCUT2D eigenvalue weighted by Crippen LogP contribution is 2.23. The number of aliphatic imine (C=N–C) groups is 1. The molecule has 5 nitrogen and oxygen atoms in total. The molecule has 0 spiro atoms. The van der Waals surface area contributed by atoms with E-state index < -0.39 is 9.84 Å². The summed E-state index contributed by atoms with van der Waals surface area (Å²) in [6.07, 6.45) is 5.76. The molecule has 1 aliphatic heterocycles. The van der Waals surface area contributed by atoms with Gasteiger partial charge in [0, 0.05) is 19.1 Å². The van der Waals surface area contributed by atoms with Gasteiger partial charge in [0.1, 0.15) is 0 Å². The SMILES string of the molecule is CC(C)CN=C(NCC1CCS(=O)(=O)C1)NC1CCCC(C)C1. The first kappa shape index (κ1) is 18.6. The van der Waals surface area contributed by atoms with Crippen molar-refractivity contribution in [2.24, 2.45) is 22.7 Å². The van der Waals surface area contributed by atoms with E-state index in [-0.39, 0.29) is 5.92 Å². The zero-order chi connectivity index (χ0) is 16.9. The normalized spacial score (nSPS) is 31.3. The molecule has 3 unspecified atom stereocenters. The van der Waals surface area contributed by atoms with Crippen LogP contribution in [0.25, 0.3) is 0 Å². The quantitative estimate of drug-likeness (QED) is 0.593. The Labute approximate surface area is 141 Å². The highest BCUT2D eigenvalue weighted by atomic mass is 32.2. The number of hydrogen-bond donors (Lipinski definition) is 2. The van der Waals surface area contributed by atoms with Crippen molar-refractivity contribution in [3.63, 3.8) is 0 Å².